The van der Waals surface area contributed by atoms with Crippen LogP contribution in [-0.4, -0.2) is 56.5 Å². The second-order valence-electron chi connectivity index (χ2n) is 8.78. The van der Waals surface area contributed by atoms with E-state index in [1.807, 2.05) is 24.4 Å². The fraction of sp³-hybridized carbons (Fsp3) is 0.231. The largest absolute Gasteiger partial charge is 0.470 e. The summed E-state index contributed by atoms with van der Waals surface area (Å²) in [6, 6.07) is 9.41. The minimum Gasteiger partial charge on any atom is -0.470 e. The van der Waals surface area contributed by atoms with Gasteiger partial charge >= 0.3 is 0 Å². The number of carbonyl (C=O) groups excluding carboxylic acids is 1. The molecule has 5 heterocycles. The van der Waals surface area contributed by atoms with Gasteiger partial charge in [0.2, 0.25) is 5.88 Å². The number of aromatic nitrogens is 5. The molecular formula is C26H21F3N6O3. The lowest BCUT2D eigenvalue weighted by atomic mass is 10.0. The zero-order valence-electron chi connectivity index (χ0n) is 20.1. The number of nitrogens with one attached hydrogen (secondary N) is 1. The zero-order chi connectivity index (χ0) is 26.4. The summed E-state index contributed by atoms with van der Waals surface area (Å²) >= 11 is 0. The first-order valence-corrected chi connectivity index (χ1v) is 11.8. The van der Waals surface area contributed by atoms with E-state index in [2.05, 4.69) is 20.5 Å². The molecule has 5 aromatic rings. The Hall–Kier alpha value is -4.45. The third-order valence-electron chi connectivity index (χ3n) is 6.44. The number of pyridine rings is 1. The Kier molecular flexibility index (Phi) is 5.95. The lowest BCUT2D eigenvalue weighted by Gasteiger charge is -2.15. The Balaban J connectivity index is 1.56. The predicted molar refractivity (Wildman–Crippen MR) is 131 cm³/mol. The number of carbonyl (C=O) groups is 1. The van der Waals surface area contributed by atoms with Crippen molar-refractivity contribution >= 4 is 17.1 Å². The summed E-state index contributed by atoms with van der Waals surface area (Å²) in [5.74, 6) is -1.56. The monoisotopic (exact) mass is 522 g/mol. The van der Waals surface area contributed by atoms with Crippen LogP contribution in [0, 0.1) is 5.82 Å². The molecule has 0 aliphatic carbocycles. The van der Waals surface area contributed by atoms with Crippen LogP contribution in [0.5, 0.6) is 5.88 Å². The Morgan fingerprint density at radius 3 is 2.82 bits per heavy atom. The summed E-state index contributed by atoms with van der Waals surface area (Å²) in [6.45, 7) is 0.925. The number of nitrogens with zero attached hydrogens (tertiary/aromatic N) is 5. The molecule has 1 fully saturated rings. The highest BCUT2D eigenvalue weighted by molar-refractivity contribution is 5.95. The van der Waals surface area contributed by atoms with Crippen LogP contribution in [0.2, 0.25) is 0 Å². The molecule has 1 aromatic carbocycles. The first-order chi connectivity index (χ1) is 18.4. The molecule has 1 N–H and O–H groups in total. The van der Waals surface area contributed by atoms with E-state index in [9.17, 15) is 13.6 Å². The Morgan fingerprint density at radius 1 is 1.18 bits per heavy atom. The van der Waals surface area contributed by atoms with Crippen LogP contribution >= 0.6 is 0 Å². The SMILES string of the molecule is CNC(=O)c1cc(-c2cnc3cc(-c4cnn5ccccc45)c(OC4CCOC4)nn23)c(F)c(C(F)F)c1. The van der Waals surface area contributed by atoms with E-state index in [-0.39, 0.29) is 28.8 Å². The van der Waals surface area contributed by atoms with Gasteiger partial charge in [-0.05, 0) is 30.3 Å². The van der Waals surface area contributed by atoms with E-state index in [0.717, 1.165) is 17.1 Å². The van der Waals surface area contributed by atoms with Gasteiger partial charge in [0.25, 0.3) is 12.3 Å². The maximum Gasteiger partial charge on any atom is 0.266 e. The number of alkyl halides is 2. The van der Waals surface area contributed by atoms with Gasteiger partial charge in [0.15, 0.2) is 5.65 Å². The van der Waals surface area contributed by atoms with Gasteiger partial charge < -0.3 is 14.8 Å². The molecule has 38 heavy (non-hydrogen) atoms. The normalized spacial score (nSPS) is 15.6. The van der Waals surface area contributed by atoms with Crippen LogP contribution in [-0.2, 0) is 4.74 Å². The topological polar surface area (TPSA) is 95.1 Å². The highest BCUT2D eigenvalue weighted by Gasteiger charge is 2.26. The van der Waals surface area contributed by atoms with Crippen LogP contribution in [0.15, 0.2) is 55.0 Å². The number of hydrogen-bond acceptors (Lipinski definition) is 6. The molecule has 0 bridgehead atoms. The molecule has 1 amide bonds. The third kappa shape index (κ3) is 4.02. The van der Waals surface area contributed by atoms with Gasteiger partial charge in [0.05, 0.1) is 47.9 Å². The average molecular weight is 522 g/mol. The van der Waals surface area contributed by atoms with Crippen molar-refractivity contribution < 1.29 is 27.4 Å². The first kappa shape index (κ1) is 23.9. The number of amides is 1. The summed E-state index contributed by atoms with van der Waals surface area (Å²) in [4.78, 5) is 16.6. The quantitative estimate of drug-likeness (QED) is 0.357. The number of hydrogen-bond donors (Lipinski definition) is 1. The molecule has 1 aliphatic rings. The minimum atomic E-state index is -3.13. The highest BCUT2D eigenvalue weighted by atomic mass is 19.3. The molecule has 6 rings (SSSR count). The molecule has 0 spiro atoms. The summed E-state index contributed by atoms with van der Waals surface area (Å²) in [5, 5.41) is 11.4. The van der Waals surface area contributed by atoms with Crippen LogP contribution in [0.3, 0.4) is 0 Å². The van der Waals surface area contributed by atoms with Crippen molar-refractivity contribution in [2.24, 2.45) is 0 Å². The summed E-state index contributed by atoms with van der Waals surface area (Å²) in [5.41, 5.74) is 1.33. The van der Waals surface area contributed by atoms with E-state index in [4.69, 9.17) is 9.47 Å². The van der Waals surface area contributed by atoms with Crippen LogP contribution < -0.4 is 10.1 Å². The predicted octanol–water partition coefficient (Wildman–Crippen LogP) is 4.32. The zero-order valence-corrected chi connectivity index (χ0v) is 20.1. The van der Waals surface area contributed by atoms with Gasteiger partial charge in [0, 0.05) is 36.4 Å². The van der Waals surface area contributed by atoms with Crippen LogP contribution in [0.4, 0.5) is 13.2 Å². The van der Waals surface area contributed by atoms with Crippen molar-refractivity contribution in [1.29, 1.82) is 0 Å². The number of fused-ring (bicyclic) bond motifs is 2. The van der Waals surface area contributed by atoms with Gasteiger partial charge in [-0.3, -0.25) is 4.79 Å². The van der Waals surface area contributed by atoms with Gasteiger partial charge in [-0.2, -0.15) is 5.10 Å². The van der Waals surface area contributed by atoms with E-state index >= 15 is 4.39 Å². The van der Waals surface area contributed by atoms with Crippen molar-refractivity contribution in [2.45, 2.75) is 19.0 Å². The summed E-state index contributed by atoms with van der Waals surface area (Å²) in [7, 11) is 1.36. The van der Waals surface area contributed by atoms with Crippen molar-refractivity contribution in [1.82, 2.24) is 29.5 Å². The standard InChI is InChI=1S/C26H21F3N6O3/c1-30-25(36)14-8-17(23(27)18(9-14)24(28)29)21-12-31-22-10-16(19-11-32-34-6-3-2-4-20(19)34)26(33-35(21)22)38-15-5-7-37-13-15/h2-4,6,8-12,15,24H,5,7,13H2,1H3,(H,30,36). The van der Waals surface area contributed by atoms with Crippen LogP contribution in [0.25, 0.3) is 33.5 Å². The van der Waals surface area contributed by atoms with Gasteiger partial charge in [-0.1, -0.05) is 6.07 Å². The Bertz CT molecular complexity index is 1680. The average Bonchev–Trinajstić information content (AvgIpc) is 3.68. The summed E-state index contributed by atoms with van der Waals surface area (Å²) < 4.78 is 57.4. The third-order valence-corrected chi connectivity index (χ3v) is 6.44. The van der Waals surface area contributed by atoms with E-state index in [0.29, 0.717) is 30.8 Å². The molecule has 194 valence electrons. The molecule has 0 saturated carbocycles. The molecule has 4 aromatic heterocycles. The van der Waals surface area contributed by atoms with Crippen LogP contribution in [0.1, 0.15) is 28.8 Å². The summed E-state index contributed by atoms with van der Waals surface area (Å²) in [6.07, 6.45) is 2.09. The van der Waals surface area contributed by atoms with Gasteiger partial charge in [-0.25, -0.2) is 27.2 Å². The molecule has 0 radical (unpaired) electrons. The Labute approximate surface area is 213 Å². The van der Waals surface area contributed by atoms with E-state index < -0.39 is 23.7 Å². The second kappa shape index (κ2) is 9.45. The highest BCUT2D eigenvalue weighted by Crippen LogP contribution is 2.36. The van der Waals surface area contributed by atoms with E-state index in [1.165, 1.54) is 23.8 Å². The van der Waals surface area contributed by atoms with Crippen molar-refractivity contribution in [2.75, 3.05) is 20.3 Å². The number of rotatable bonds is 6. The minimum absolute atomic E-state index is 0.0871. The van der Waals surface area contributed by atoms with Crippen molar-refractivity contribution in [3.05, 3.63) is 71.9 Å². The molecule has 1 saturated heterocycles. The van der Waals surface area contributed by atoms with E-state index in [1.54, 1.807) is 16.8 Å². The molecule has 9 nitrogen and oxygen atoms in total. The molecule has 12 heteroatoms. The lowest BCUT2D eigenvalue weighted by molar-refractivity contribution is 0.0962. The molecule has 1 unspecified atom stereocenters. The fourth-order valence-electron chi connectivity index (χ4n) is 4.54. The molecule has 1 aliphatic heterocycles. The van der Waals surface area contributed by atoms with Crippen molar-refractivity contribution in [3.8, 4) is 28.3 Å². The maximum atomic E-state index is 15.3. The van der Waals surface area contributed by atoms with Gasteiger partial charge in [-0.15, -0.1) is 5.10 Å². The maximum absolute atomic E-state index is 15.3. The lowest BCUT2D eigenvalue weighted by Crippen LogP contribution is -2.19. The number of ether oxygens (including phenoxy) is 2. The number of imidazole rings is 1. The molecule has 1 atom stereocenters. The van der Waals surface area contributed by atoms with Crippen molar-refractivity contribution in [3.63, 3.8) is 0 Å². The van der Waals surface area contributed by atoms with Gasteiger partial charge in [0.1, 0.15) is 11.9 Å². The second-order valence-corrected chi connectivity index (χ2v) is 8.78. The fourth-order valence-corrected chi connectivity index (χ4v) is 4.54. The smallest absolute Gasteiger partial charge is 0.266 e. The first-order valence-electron chi connectivity index (χ1n) is 11.8. The molecular weight excluding hydrogens is 501 g/mol. The number of halogens is 3. The Morgan fingerprint density at radius 2 is 2.05 bits per heavy atom. The number of benzene rings is 1.